The minimum Gasteiger partial charge on any atom is -0.497 e. The Hall–Kier alpha value is -2.01. The van der Waals surface area contributed by atoms with Gasteiger partial charge in [0.15, 0.2) is 0 Å². The molecule has 1 aromatic carbocycles. The molecule has 1 amide bonds. The van der Waals surface area contributed by atoms with Gasteiger partial charge in [-0.15, -0.1) is 0 Å². The number of aromatic nitrogens is 1. The molecular formula is C18H23N3O2. The van der Waals surface area contributed by atoms with E-state index in [-0.39, 0.29) is 5.92 Å². The number of aryl methyl sites for hydroxylation is 1. The molecule has 1 saturated heterocycles. The fraction of sp³-hybridized carbons (Fsp3) is 0.500. The van der Waals surface area contributed by atoms with Gasteiger partial charge in [-0.3, -0.25) is 4.79 Å². The van der Waals surface area contributed by atoms with Crippen molar-refractivity contribution < 1.29 is 9.53 Å². The van der Waals surface area contributed by atoms with E-state index in [1.54, 1.807) is 7.11 Å². The third-order valence-corrected chi connectivity index (χ3v) is 5.17. The number of nitrogens with zero attached hydrogens (tertiary/aromatic N) is 1. The molecule has 1 unspecified atom stereocenters. The first kappa shape index (κ1) is 14.6. The standard InChI is InChI=1S/C18H23N3O2/c1-23-13-3-5-17-15(11-13)14-10-12(2-4-16(14)20-17)18(22)21-8-6-19-7-9-21/h3,5,11-12,19-20H,2,4,6-10H2,1H3. The van der Waals surface area contributed by atoms with Gasteiger partial charge in [-0.2, -0.15) is 0 Å². The molecule has 1 aliphatic heterocycles. The summed E-state index contributed by atoms with van der Waals surface area (Å²) in [6.07, 6.45) is 2.74. The summed E-state index contributed by atoms with van der Waals surface area (Å²) >= 11 is 0. The van der Waals surface area contributed by atoms with Crippen LogP contribution in [0, 0.1) is 5.92 Å². The van der Waals surface area contributed by atoms with E-state index in [1.807, 2.05) is 11.0 Å². The zero-order chi connectivity index (χ0) is 15.8. The fourth-order valence-corrected chi connectivity index (χ4v) is 3.88. The van der Waals surface area contributed by atoms with Crippen molar-refractivity contribution in [3.8, 4) is 5.75 Å². The average Bonchev–Trinajstić information content (AvgIpc) is 2.98. The second-order valence-corrected chi connectivity index (χ2v) is 6.51. The molecule has 0 bridgehead atoms. The van der Waals surface area contributed by atoms with E-state index in [4.69, 9.17) is 4.74 Å². The number of H-pyrrole nitrogens is 1. The van der Waals surface area contributed by atoms with Crippen LogP contribution in [0.4, 0.5) is 0 Å². The lowest BCUT2D eigenvalue weighted by Gasteiger charge is -2.32. The van der Waals surface area contributed by atoms with Gasteiger partial charge < -0.3 is 19.9 Å². The Bertz CT molecular complexity index is 731. The van der Waals surface area contributed by atoms with Gasteiger partial charge in [-0.25, -0.2) is 0 Å². The van der Waals surface area contributed by atoms with Gasteiger partial charge in [-0.1, -0.05) is 0 Å². The molecule has 23 heavy (non-hydrogen) atoms. The number of carbonyl (C=O) groups excluding carboxylic acids is 1. The smallest absolute Gasteiger partial charge is 0.226 e. The summed E-state index contributed by atoms with van der Waals surface area (Å²) in [5, 5.41) is 4.51. The van der Waals surface area contributed by atoms with Gasteiger partial charge in [0.25, 0.3) is 0 Å². The minimum absolute atomic E-state index is 0.116. The molecule has 5 nitrogen and oxygen atoms in total. The van der Waals surface area contributed by atoms with Gasteiger partial charge in [-0.05, 0) is 43.0 Å². The van der Waals surface area contributed by atoms with Crippen LogP contribution >= 0.6 is 0 Å². The van der Waals surface area contributed by atoms with E-state index < -0.39 is 0 Å². The Morgan fingerprint density at radius 3 is 2.91 bits per heavy atom. The lowest BCUT2D eigenvalue weighted by molar-refractivity contribution is -0.136. The predicted molar refractivity (Wildman–Crippen MR) is 89.8 cm³/mol. The highest BCUT2D eigenvalue weighted by molar-refractivity contribution is 5.88. The number of rotatable bonds is 2. The molecule has 5 heteroatoms. The number of nitrogens with one attached hydrogen (secondary N) is 2. The van der Waals surface area contributed by atoms with Crippen molar-refractivity contribution in [1.29, 1.82) is 0 Å². The van der Waals surface area contributed by atoms with Crippen LogP contribution in [0.3, 0.4) is 0 Å². The maximum absolute atomic E-state index is 12.8. The van der Waals surface area contributed by atoms with Crippen LogP contribution in [0.25, 0.3) is 10.9 Å². The van der Waals surface area contributed by atoms with Crippen molar-refractivity contribution in [3.05, 3.63) is 29.5 Å². The van der Waals surface area contributed by atoms with Gasteiger partial charge in [0.05, 0.1) is 7.11 Å². The highest BCUT2D eigenvalue weighted by atomic mass is 16.5. The maximum atomic E-state index is 12.8. The van der Waals surface area contributed by atoms with Crippen molar-refractivity contribution in [3.63, 3.8) is 0 Å². The Morgan fingerprint density at radius 1 is 1.30 bits per heavy atom. The monoisotopic (exact) mass is 313 g/mol. The van der Waals surface area contributed by atoms with Crippen LogP contribution in [-0.4, -0.2) is 49.1 Å². The summed E-state index contributed by atoms with van der Waals surface area (Å²) in [5.41, 5.74) is 3.74. The number of piperazine rings is 1. The third-order valence-electron chi connectivity index (χ3n) is 5.17. The Morgan fingerprint density at radius 2 is 2.13 bits per heavy atom. The van der Waals surface area contributed by atoms with E-state index >= 15 is 0 Å². The normalized spacial score (nSPS) is 21.3. The van der Waals surface area contributed by atoms with Gasteiger partial charge in [0.1, 0.15) is 5.75 Å². The lowest BCUT2D eigenvalue weighted by atomic mass is 9.85. The van der Waals surface area contributed by atoms with Crippen LogP contribution in [0.15, 0.2) is 18.2 Å². The minimum atomic E-state index is 0.116. The topological polar surface area (TPSA) is 57.4 Å². The second-order valence-electron chi connectivity index (χ2n) is 6.51. The van der Waals surface area contributed by atoms with Crippen molar-refractivity contribution in [2.45, 2.75) is 19.3 Å². The number of methoxy groups -OCH3 is 1. The van der Waals surface area contributed by atoms with Crippen LogP contribution in [0.5, 0.6) is 5.75 Å². The molecule has 1 fully saturated rings. The first-order valence-corrected chi connectivity index (χ1v) is 8.43. The number of fused-ring (bicyclic) bond motifs is 3. The second kappa shape index (κ2) is 5.89. The SMILES string of the molecule is COc1ccc2[nH]c3c(c2c1)CC(C(=O)N1CCNCC1)CC3. The Balaban J connectivity index is 1.61. The zero-order valence-corrected chi connectivity index (χ0v) is 13.5. The lowest BCUT2D eigenvalue weighted by Crippen LogP contribution is -2.49. The van der Waals surface area contributed by atoms with Gasteiger partial charge in [0.2, 0.25) is 5.91 Å². The Kier molecular flexibility index (Phi) is 3.73. The molecule has 122 valence electrons. The van der Waals surface area contributed by atoms with Crippen molar-refractivity contribution in [1.82, 2.24) is 15.2 Å². The number of hydrogen-bond donors (Lipinski definition) is 2. The fourth-order valence-electron chi connectivity index (χ4n) is 3.88. The number of ether oxygens (including phenoxy) is 1. The van der Waals surface area contributed by atoms with E-state index in [1.165, 1.54) is 16.6 Å². The number of carbonyl (C=O) groups is 1. The molecule has 4 rings (SSSR count). The van der Waals surface area contributed by atoms with Crippen LogP contribution in [-0.2, 0) is 17.6 Å². The molecule has 0 saturated carbocycles. The molecule has 0 radical (unpaired) electrons. The largest absolute Gasteiger partial charge is 0.497 e. The number of hydrogen-bond acceptors (Lipinski definition) is 3. The molecule has 2 aliphatic rings. The molecule has 2 aromatic rings. The first-order valence-electron chi connectivity index (χ1n) is 8.43. The van der Waals surface area contributed by atoms with Gasteiger partial charge >= 0.3 is 0 Å². The summed E-state index contributed by atoms with van der Waals surface area (Å²) in [7, 11) is 1.69. The Labute approximate surface area is 136 Å². The molecular weight excluding hydrogens is 290 g/mol. The molecule has 0 spiro atoms. The van der Waals surface area contributed by atoms with Crippen LogP contribution in [0.1, 0.15) is 17.7 Å². The van der Waals surface area contributed by atoms with Crippen molar-refractivity contribution in [2.24, 2.45) is 5.92 Å². The highest BCUT2D eigenvalue weighted by Crippen LogP contribution is 2.34. The van der Waals surface area contributed by atoms with E-state index in [0.29, 0.717) is 5.91 Å². The summed E-state index contributed by atoms with van der Waals surface area (Å²) in [5.74, 6) is 1.31. The van der Waals surface area contributed by atoms with Crippen LogP contribution < -0.4 is 10.1 Å². The zero-order valence-electron chi connectivity index (χ0n) is 13.5. The average molecular weight is 313 g/mol. The summed E-state index contributed by atoms with van der Waals surface area (Å²) in [4.78, 5) is 18.4. The molecule has 2 heterocycles. The van der Waals surface area contributed by atoms with Crippen molar-refractivity contribution in [2.75, 3.05) is 33.3 Å². The first-order chi connectivity index (χ1) is 11.3. The van der Waals surface area contributed by atoms with E-state index in [2.05, 4.69) is 22.4 Å². The van der Waals surface area contributed by atoms with E-state index in [9.17, 15) is 4.79 Å². The molecule has 1 aliphatic carbocycles. The third kappa shape index (κ3) is 2.59. The number of benzene rings is 1. The summed E-state index contributed by atoms with van der Waals surface area (Å²) in [6.45, 7) is 3.50. The van der Waals surface area contributed by atoms with Gasteiger partial charge in [0, 0.05) is 48.7 Å². The summed E-state index contributed by atoms with van der Waals surface area (Å²) < 4.78 is 5.36. The van der Waals surface area contributed by atoms with E-state index in [0.717, 1.165) is 56.7 Å². The predicted octanol–water partition coefficient (Wildman–Crippen LogP) is 1.71. The molecule has 1 aromatic heterocycles. The highest BCUT2D eigenvalue weighted by Gasteiger charge is 2.30. The molecule has 2 N–H and O–H groups in total. The van der Waals surface area contributed by atoms with Crippen molar-refractivity contribution >= 4 is 16.8 Å². The quantitative estimate of drug-likeness (QED) is 0.887. The van der Waals surface area contributed by atoms with Crippen LogP contribution in [0.2, 0.25) is 0 Å². The number of aromatic amines is 1. The molecule has 1 atom stereocenters. The maximum Gasteiger partial charge on any atom is 0.226 e. The number of amides is 1. The summed E-state index contributed by atoms with van der Waals surface area (Å²) in [6, 6.07) is 6.13.